The van der Waals surface area contributed by atoms with Crippen molar-refractivity contribution >= 4 is 17.6 Å². The van der Waals surface area contributed by atoms with E-state index in [0.29, 0.717) is 5.56 Å². The van der Waals surface area contributed by atoms with Gasteiger partial charge in [0.2, 0.25) is 5.91 Å². The minimum atomic E-state index is -4.61. The molecule has 1 aliphatic rings. The van der Waals surface area contributed by atoms with Crippen LogP contribution < -0.4 is 5.32 Å². The van der Waals surface area contributed by atoms with Crippen molar-refractivity contribution in [2.24, 2.45) is 17.8 Å². The molecule has 1 aliphatic carbocycles. The second-order valence-electron chi connectivity index (χ2n) is 9.41. The zero-order chi connectivity index (χ0) is 25.7. The number of esters is 1. The van der Waals surface area contributed by atoms with E-state index in [4.69, 9.17) is 4.74 Å². The molecule has 0 saturated carbocycles. The van der Waals surface area contributed by atoms with Crippen LogP contribution >= 0.6 is 0 Å². The number of amides is 1. The molecule has 0 fully saturated rings. The Hall–Kier alpha value is -2.90. The number of carbonyl (C=O) groups is 2. The maximum absolute atomic E-state index is 14.4. The molecule has 1 amide bonds. The first kappa shape index (κ1) is 27.3. The van der Waals surface area contributed by atoms with Gasteiger partial charge in [-0.2, -0.15) is 13.2 Å². The zero-order valence-electron chi connectivity index (χ0n) is 19.8. The second kappa shape index (κ2) is 11.0. The summed E-state index contributed by atoms with van der Waals surface area (Å²) in [5.41, 5.74) is 0.435. The fourth-order valence-electron chi connectivity index (χ4n) is 3.75. The fourth-order valence-corrected chi connectivity index (χ4v) is 3.75. The van der Waals surface area contributed by atoms with Gasteiger partial charge in [-0.25, -0.2) is 4.39 Å². The van der Waals surface area contributed by atoms with E-state index < -0.39 is 47.2 Å². The summed E-state index contributed by atoms with van der Waals surface area (Å²) in [6, 6.07) is 3.90. The number of carbonyl (C=O) groups excluding carboxylic acids is 2. The maximum atomic E-state index is 14.4. The lowest BCUT2D eigenvalue weighted by Gasteiger charge is -2.31. The number of hydrogen-bond donors (Lipinski definition) is 1. The molecule has 1 aromatic rings. The van der Waals surface area contributed by atoms with Gasteiger partial charge in [0, 0.05) is 6.42 Å². The number of halogens is 4. The van der Waals surface area contributed by atoms with Gasteiger partial charge >= 0.3 is 12.1 Å². The molecular formula is C26H31F4NO3. The highest BCUT2D eigenvalue weighted by Gasteiger charge is 2.46. The minimum Gasteiger partial charge on any atom is -0.460 e. The molecule has 34 heavy (non-hydrogen) atoms. The van der Waals surface area contributed by atoms with E-state index >= 15 is 0 Å². The highest BCUT2D eigenvalue weighted by atomic mass is 19.4. The molecule has 3 atom stereocenters. The van der Waals surface area contributed by atoms with Crippen LogP contribution in [0.1, 0.15) is 46.1 Å². The van der Waals surface area contributed by atoms with Crippen molar-refractivity contribution < 1.29 is 31.9 Å². The van der Waals surface area contributed by atoms with Gasteiger partial charge in [-0.3, -0.25) is 9.59 Å². The summed E-state index contributed by atoms with van der Waals surface area (Å²) in [5.74, 6) is -6.24. The van der Waals surface area contributed by atoms with E-state index in [2.05, 4.69) is 11.9 Å². The second-order valence-corrected chi connectivity index (χ2v) is 9.41. The van der Waals surface area contributed by atoms with Crippen LogP contribution in [0.15, 0.2) is 54.7 Å². The molecule has 0 saturated heterocycles. The molecule has 4 nitrogen and oxygen atoms in total. The van der Waals surface area contributed by atoms with Crippen molar-refractivity contribution in [3.63, 3.8) is 0 Å². The maximum Gasteiger partial charge on any atom is 0.392 e. The molecule has 0 aliphatic heterocycles. The van der Waals surface area contributed by atoms with E-state index in [1.54, 1.807) is 45.1 Å². The predicted octanol–water partition coefficient (Wildman–Crippen LogP) is 6.54. The van der Waals surface area contributed by atoms with Crippen molar-refractivity contribution in [1.82, 2.24) is 0 Å². The van der Waals surface area contributed by atoms with Crippen LogP contribution in [-0.4, -0.2) is 23.7 Å². The van der Waals surface area contributed by atoms with Gasteiger partial charge in [0.1, 0.15) is 11.4 Å². The van der Waals surface area contributed by atoms with Crippen molar-refractivity contribution in [1.29, 1.82) is 0 Å². The molecule has 2 rings (SSSR count). The van der Waals surface area contributed by atoms with Crippen LogP contribution in [0.4, 0.5) is 23.2 Å². The van der Waals surface area contributed by atoms with E-state index in [0.717, 1.165) is 18.6 Å². The molecule has 0 heterocycles. The third-order valence-electron chi connectivity index (χ3n) is 5.54. The van der Waals surface area contributed by atoms with Crippen molar-refractivity contribution in [2.75, 3.05) is 5.32 Å². The molecule has 0 spiro atoms. The molecule has 1 unspecified atom stereocenters. The first-order valence-electron chi connectivity index (χ1n) is 11.1. The van der Waals surface area contributed by atoms with Crippen LogP contribution in [0.5, 0.6) is 0 Å². The number of allylic oxidation sites excluding steroid dienone is 5. The minimum absolute atomic E-state index is 0.0366. The van der Waals surface area contributed by atoms with Crippen LogP contribution in [0.3, 0.4) is 0 Å². The van der Waals surface area contributed by atoms with E-state index in [-0.39, 0.29) is 24.9 Å². The van der Waals surface area contributed by atoms with Crippen LogP contribution in [0.2, 0.25) is 0 Å². The average Bonchev–Trinajstić information content (AvgIpc) is 2.73. The fraction of sp³-hybridized carbons (Fsp3) is 0.462. The Bertz CT molecular complexity index is 973. The molecule has 8 heteroatoms. The summed E-state index contributed by atoms with van der Waals surface area (Å²) in [6.07, 6.45) is 2.38. The first-order chi connectivity index (χ1) is 15.7. The summed E-state index contributed by atoms with van der Waals surface area (Å²) in [7, 11) is 0. The highest BCUT2D eigenvalue weighted by molar-refractivity contribution is 5.93. The van der Waals surface area contributed by atoms with Crippen molar-refractivity contribution in [3.05, 3.63) is 66.0 Å². The van der Waals surface area contributed by atoms with Crippen molar-refractivity contribution in [2.45, 2.75) is 58.7 Å². The molecular weight excluding hydrogens is 450 g/mol. The van der Waals surface area contributed by atoms with Gasteiger partial charge in [0.05, 0.1) is 17.5 Å². The number of hydrogen-bond acceptors (Lipinski definition) is 3. The quantitative estimate of drug-likeness (QED) is 0.339. The third-order valence-corrected chi connectivity index (χ3v) is 5.54. The summed E-state index contributed by atoms with van der Waals surface area (Å²) in [6.45, 7) is 9.81. The molecule has 186 valence electrons. The largest absolute Gasteiger partial charge is 0.460 e. The summed E-state index contributed by atoms with van der Waals surface area (Å²) < 4.78 is 60.4. The summed E-state index contributed by atoms with van der Waals surface area (Å²) >= 11 is 0. The predicted molar refractivity (Wildman–Crippen MR) is 123 cm³/mol. The van der Waals surface area contributed by atoms with Gasteiger partial charge in [-0.05, 0) is 62.8 Å². The molecule has 0 aromatic heterocycles. The Morgan fingerprint density at radius 2 is 1.94 bits per heavy atom. The Labute approximate surface area is 197 Å². The number of aryl methyl sites for hydroxylation is 1. The monoisotopic (exact) mass is 481 g/mol. The third kappa shape index (κ3) is 7.85. The number of anilines is 1. The topological polar surface area (TPSA) is 55.4 Å². The molecule has 0 radical (unpaired) electrons. The van der Waals surface area contributed by atoms with Gasteiger partial charge in [-0.1, -0.05) is 43.9 Å². The zero-order valence-corrected chi connectivity index (χ0v) is 19.8. The molecule has 1 N–H and O–H groups in total. The lowest BCUT2D eigenvalue weighted by molar-refractivity contribution is -0.188. The van der Waals surface area contributed by atoms with Crippen LogP contribution in [0, 0.1) is 23.6 Å². The molecule has 1 aromatic carbocycles. The lowest BCUT2D eigenvalue weighted by Crippen LogP contribution is -2.40. The molecule has 0 bridgehead atoms. The average molecular weight is 482 g/mol. The van der Waals surface area contributed by atoms with E-state index in [9.17, 15) is 27.2 Å². The smallest absolute Gasteiger partial charge is 0.392 e. The standard InChI is InChI=1S/C26H31F4NO3/c1-6-17-7-11-19(12-8-17)23(16(2)26(28,29)30)24(33)31-21-15-18(9-13-20(21)27)10-14-22(32)34-25(3,4)5/h6-9,11,13,15-16,19,23H,1,10,12,14H2,2-5H3,(H,31,33)/t16-,19?,23+/m1/s1. The Kier molecular flexibility index (Phi) is 8.86. The van der Waals surface area contributed by atoms with Gasteiger partial charge in [0.15, 0.2) is 0 Å². The van der Waals surface area contributed by atoms with E-state index in [1.165, 1.54) is 12.1 Å². The number of benzene rings is 1. The van der Waals surface area contributed by atoms with Gasteiger partial charge in [0.25, 0.3) is 0 Å². The number of rotatable bonds is 8. The first-order valence-corrected chi connectivity index (χ1v) is 11.1. The normalized spacial score (nSPS) is 18.0. The SMILES string of the molecule is C=CC1=CCC([C@@H](C(=O)Nc2cc(CCC(=O)OC(C)(C)C)ccc2F)[C@@H](C)C(F)(F)F)C=C1. The Morgan fingerprint density at radius 1 is 1.26 bits per heavy atom. The summed E-state index contributed by atoms with van der Waals surface area (Å²) in [5, 5.41) is 2.35. The number of ether oxygens (including phenoxy) is 1. The summed E-state index contributed by atoms with van der Waals surface area (Å²) in [4.78, 5) is 25.0. The van der Waals surface area contributed by atoms with Gasteiger partial charge in [-0.15, -0.1) is 0 Å². The number of alkyl halides is 3. The Morgan fingerprint density at radius 3 is 2.47 bits per heavy atom. The Balaban J connectivity index is 2.20. The lowest BCUT2D eigenvalue weighted by atomic mass is 9.77. The highest BCUT2D eigenvalue weighted by Crippen LogP contribution is 2.39. The van der Waals surface area contributed by atoms with E-state index in [1.807, 2.05) is 0 Å². The van der Waals surface area contributed by atoms with Gasteiger partial charge < -0.3 is 10.1 Å². The van der Waals surface area contributed by atoms with Crippen LogP contribution in [0.25, 0.3) is 0 Å². The number of nitrogens with one attached hydrogen (secondary N) is 1. The van der Waals surface area contributed by atoms with Crippen LogP contribution in [-0.2, 0) is 20.7 Å². The van der Waals surface area contributed by atoms with Crippen molar-refractivity contribution in [3.8, 4) is 0 Å².